The minimum absolute atomic E-state index is 0.433. The molecule has 0 spiro atoms. The minimum atomic E-state index is 0.433. The Morgan fingerprint density at radius 2 is 1.46 bits per heavy atom. The van der Waals surface area contributed by atoms with Gasteiger partial charge in [0, 0.05) is 0 Å². The summed E-state index contributed by atoms with van der Waals surface area (Å²) in [6.07, 6.45) is 0. The molecule has 1 unspecified atom stereocenters. The van der Waals surface area contributed by atoms with E-state index in [4.69, 9.17) is 0 Å². The van der Waals surface area contributed by atoms with Crippen LogP contribution in [0.4, 0.5) is 0 Å². The fourth-order valence-electron chi connectivity index (χ4n) is 1.23. The van der Waals surface area contributed by atoms with Crippen molar-refractivity contribution in [1.82, 2.24) is 0 Å². The molecule has 0 aromatic heterocycles. The van der Waals surface area contributed by atoms with Gasteiger partial charge in [0.15, 0.2) is 0 Å². The predicted molar refractivity (Wildman–Crippen MR) is 43.0 cm³/mol. The molecule has 1 aliphatic carbocycles. The summed E-state index contributed by atoms with van der Waals surface area (Å²) in [4.78, 5) is 0. The van der Waals surface area contributed by atoms with Gasteiger partial charge in [0.05, 0.1) is 0 Å². The molecule has 0 radical (unpaired) electrons. The molecule has 1 rings (SSSR count). The normalized spacial score (nSPS) is 28.1. The van der Waals surface area contributed by atoms with Crippen molar-refractivity contribution in [2.45, 2.75) is 20.8 Å². The zero-order chi connectivity index (χ0) is 10.4. The SMILES string of the molecule is CC1[C](=[W])[C](=[W])[C](=[W])[C](=[W])C1(C)C. The van der Waals surface area contributed by atoms with Crippen molar-refractivity contribution in [3.8, 4) is 0 Å². The molecule has 0 aromatic rings. The monoisotopic (exact) mass is 854 g/mol. The second-order valence-electron chi connectivity index (χ2n) is 3.79. The summed E-state index contributed by atoms with van der Waals surface area (Å²) >= 11 is 6.70. The van der Waals surface area contributed by atoms with E-state index < -0.39 is 0 Å². The van der Waals surface area contributed by atoms with Crippen LogP contribution >= 0.6 is 0 Å². The van der Waals surface area contributed by atoms with E-state index >= 15 is 0 Å². The van der Waals surface area contributed by atoms with E-state index in [1.54, 1.807) is 93.0 Å². The molecule has 0 aliphatic heterocycles. The van der Waals surface area contributed by atoms with Crippen LogP contribution in [0.5, 0.6) is 0 Å². The maximum atomic E-state index is 2.41. The first-order valence-electron chi connectivity index (χ1n) is 3.97. The number of hydrogen-bond donors (Lipinski definition) is 0. The molecule has 0 nitrogen and oxygen atoms in total. The van der Waals surface area contributed by atoms with Crippen LogP contribution in [0.25, 0.3) is 0 Å². The van der Waals surface area contributed by atoms with Crippen molar-refractivity contribution >= 4 is 15.6 Å². The average molecular weight is 854 g/mol. The molecular formula is C9H10W4. The molecule has 0 saturated heterocycles. The second kappa shape index (κ2) is 4.62. The predicted octanol–water partition coefficient (Wildman–Crippen LogP) is 0.539. The average Bonchev–Trinajstić information content (AvgIpc) is 2.09. The van der Waals surface area contributed by atoms with Crippen LogP contribution in [0.3, 0.4) is 0 Å². The van der Waals surface area contributed by atoms with Gasteiger partial charge in [-0.25, -0.2) is 0 Å². The fraction of sp³-hybridized carbons (Fsp3) is 0.556. The molecule has 0 aromatic carbocycles. The van der Waals surface area contributed by atoms with Gasteiger partial charge in [-0.3, -0.25) is 0 Å². The van der Waals surface area contributed by atoms with Crippen LogP contribution in [0.2, 0.25) is 0 Å². The third-order valence-corrected chi connectivity index (χ3v) is 16.4. The van der Waals surface area contributed by atoms with E-state index in [9.17, 15) is 0 Å². The van der Waals surface area contributed by atoms with Crippen molar-refractivity contribution in [3.05, 3.63) is 0 Å². The molecular weight excluding hydrogens is 843 g/mol. The van der Waals surface area contributed by atoms with Crippen LogP contribution in [0.15, 0.2) is 0 Å². The van der Waals surface area contributed by atoms with Crippen molar-refractivity contribution in [3.63, 3.8) is 0 Å². The third kappa shape index (κ3) is 2.33. The van der Waals surface area contributed by atoms with Gasteiger partial charge in [-0.15, -0.1) is 0 Å². The molecule has 0 amide bonds. The summed E-state index contributed by atoms with van der Waals surface area (Å²) in [5.41, 5.74) is 0.433. The van der Waals surface area contributed by atoms with Crippen LogP contribution in [0, 0.1) is 11.3 Å². The first-order chi connectivity index (χ1) is 5.80. The van der Waals surface area contributed by atoms with Gasteiger partial charge < -0.3 is 0 Å². The van der Waals surface area contributed by atoms with E-state index in [1.165, 1.54) is 0 Å². The van der Waals surface area contributed by atoms with E-state index in [1.807, 2.05) is 0 Å². The molecule has 1 saturated carbocycles. The fourth-order valence-corrected chi connectivity index (χ4v) is 8.01. The molecule has 0 N–H and O–H groups in total. The van der Waals surface area contributed by atoms with Crippen molar-refractivity contribution in [2.75, 3.05) is 0 Å². The maximum absolute atomic E-state index is 2.41. The Balaban J connectivity index is 3.23. The molecule has 1 aliphatic rings. The van der Waals surface area contributed by atoms with Crippen LogP contribution in [-0.4, -0.2) is 15.6 Å². The van der Waals surface area contributed by atoms with Gasteiger partial charge >= 0.3 is 125 Å². The number of rotatable bonds is 0. The van der Waals surface area contributed by atoms with Gasteiger partial charge in [0.1, 0.15) is 0 Å². The second-order valence-corrected chi connectivity index (χ2v) is 9.78. The zero-order valence-electron chi connectivity index (χ0n) is 7.71. The van der Waals surface area contributed by atoms with E-state index in [-0.39, 0.29) is 0 Å². The molecule has 0 bridgehead atoms. The first kappa shape index (κ1) is 13.3. The van der Waals surface area contributed by atoms with Crippen molar-refractivity contribution in [1.29, 1.82) is 0 Å². The van der Waals surface area contributed by atoms with E-state index in [2.05, 4.69) is 20.8 Å². The summed E-state index contributed by atoms with van der Waals surface area (Å²) in [6.45, 7) is 7.22. The Morgan fingerprint density at radius 1 is 1.00 bits per heavy atom. The molecule has 1 atom stereocenters. The molecule has 13 heavy (non-hydrogen) atoms. The summed E-state index contributed by atoms with van der Waals surface area (Å²) < 4.78 is 6.79. The van der Waals surface area contributed by atoms with Gasteiger partial charge in [0.25, 0.3) is 0 Å². The standard InChI is InChI=1S/C9H10.4W/c1-8-6-4-5-7-9(8,2)3;;;;/h8H,1-3H3;;;;. The van der Waals surface area contributed by atoms with Gasteiger partial charge in [-0.1, -0.05) is 0 Å². The Labute approximate surface area is 123 Å². The van der Waals surface area contributed by atoms with Crippen LogP contribution in [0.1, 0.15) is 20.8 Å². The topological polar surface area (TPSA) is 0 Å². The molecule has 70 valence electrons. The molecule has 4 heteroatoms. The van der Waals surface area contributed by atoms with Crippen LogP contribution in [-0.2, 0) is 77.4 Å². The quantitative estimate of drug-likeness (QED) is 0.335. The van der Waals surface area contributed by atoms with Gasteiger partial charge in [-0.2, -0.15) is 0 Å². The Hall–Kier alpha value is 2.23. The Kier molecular flexibility index (Phi) is 4.72. The Morgan fingerprint density at radius 3 is 1.92 bits per heavy atom. The van der Waals surface area contributed by atoms with E-state index in [0.29, 0.717) is 5.41 Å². The summed E-state index contributed by atoms with van der Waals surface area (Å²) in [5, 5.41) is 0. The van der Waals surface area contributed by atoms with E-state index in [0.717, 1.165) is 5.92 Å². The summed E-state index contributed by atoms with van der Waals surface area (Å²) in [6, 6.07) is 0. The van der Waals surface area contributed by atoms with Crippen molar-refractivity contribution < 1.29 is 77.4 Å². The summed E-state index contributed by atoms with van der Waals surface area (Å²) in [7, 11) is 0. The third-order valence-electron chi connectivity index (χ3n) is 2.70. The zero-order valence-corrected chi connectivity index (χ0v) is 19.4. The van der Waals surface area contributed by atoms with Crippen LogP contribution < -0.4 is 0 Å². The molecule has 0 heterocycles. The van der Waals surface area contributed by atoms with Crippen molar-refractivity contribution in [2.24, 2.45) is 11.3 Å². The first-order valence-corrected chi connectivity index (χ1v) is 9.84. The molecule has 1 fully saturated rings. The number of hydrogen-bond acceptors (Lipinski definition) is 0. The van der Waals surface area contributed by atoms with Gasteiger partial charge in [-0.05, 0) is 0 Å². The summed E-state index contributed by atoms with van der Waals surface area (Å²) in [5.74, 6) is 0.769. The Bertz CT molecular complexity index is 325. The van der Waals surface area contributed by atoms with Gasteiger partial charge in [0.2, 0.25) is 0 Å².